The van der Waals surface area contributed by atoms with Gasteiger partial charge in [-0.05, 0) is 53.9 Å². The lowest BCUT2D eigenvalue weighted by molar-refractivity contribution is -0.119. The molecule has 7 nitrogen and oxygen atoms in total. The summed E-state index contributed by atoms with van der Waals surface area (Å²) in [4.78, 5) is 14.2. The molecule has 1 N–H and O–H groups in total. The van der Waals surface area contributed by atoms with E-state index < -0.39 is 6.17 Å². The Hall–Kier alpha value is -4.18. The van der Waals surface area contributed by atoms with Crippen molar-refractivity contribution in [3.05, 3.63) is 102 Å². The van der Waals surface area contributed by atoms with Crippen molar-refractivity contribution in [2.45, 2.75) is 18.6 Å². The van der Waals surface area contributed by atoms with Crippen LogP contribution in [0.4, 0.5) is 0 Å². The molecule has 0 spiro atoms. The number of rotatable bonds is 6. The van der Waals surface area contributed by atoms with Crippen molar-refractivity contribution >= 4 is 5.91 Å². The molecule has 4 rings (SSSR count). The number of hydrogen-bond acceptors (Lipinski definition) is 6. The minimum atomic E-state index is -0.468. The maximum atomic E-state index is 12.1. The molecule has 2 heterocycles. The van der Waals surface area contributed by atoms with Gasteiger partial charge in [0.1, 0.15) is 17.6 Å². The van der Waals surface area contributed by atoms with Gasteiger partial charge in [-0.1, -0.05) is 24.3 Å². The van der Waals surface area contributed by atoms with Crippen molar-refractivity contribution in [1.82, 2.24) is 20.4 Å². The SMILES string of the molecule is COc1ccc(CC(c2ccc(C#N)cc2)N2C=CC(=O)NC2c2cccnn2)cc1. The number of aromatic nitrogens is 2. The Bertz CT molecular complexity index is 1110. The lowest BCUT2D eigenvalue weighted by Gasteiger charge is -2.39. The third-order valence-corrected chi connectivity index (χ3v) is 5.22. The van der Waals surface area contributed by atoms with E-state index in [1.165, 1.54) is 6.08 Å². The predicted molar refractivity (Wildman–Crippen MR) is 114 cm³/mol. The highest BCUT2D eigenvalue weighted by Crippen LogP contribution is 2.33. The van der Waals surface area contributed by atoms with E-state index in [4.69, 9.17) is 4.74 Å². The first-order valence-corrected chi connectivity index (χ1v) is 9.84. The standard InChI is InChI=1S/C24H21N5O2/c1-31-20-10-6-17(7-11-20)15-22(19-8-4-18(16-25)5-9-19)29-14-12-23(30)27-24(29)21-3-2-13-26-28-21/h2-14,22,24H,15H2,1H3,(H,27,30). The van der Waals surface area contributed by atoms with E-state index in [0.717, 1.165) is 16.9 Å². The summed E-state index contributed by atoms with van der Waals surface area (Å²) in [7, 11) is 1.64. The van der Waals surface area contributed by atoms with Gasteiger partial charge in [0.25, 0.3) is 0 Å². The van der Waals surface area contributed by atoms with Crippen molar-refractivity contribution in [3.8, 4) is 11.8 Å². The molecule has 154 valence electrons. The summed E-state index contributed by atoms with van der Waals surface area (Å²) in [5, 5.41) is 20.4. The van der Waals surface area contributed by atoms with Gasteiger partial charge < -0.3 is 15.0 Å². The van der Waals surface area contributed by atoms with Crippen LogP contribution in [0.3, 0.4) is 0 Å². The van der Waals surface area contributed by atoms with Gasteiger partial charge in [-0.2, -0.15) is 15.5 Å². The van der Waals surface area contributed by atoms with Crippen LogP contribution < -0.4 is 10.1 Å². The lowest BCUT2D eigenvalue weighted by atomic mass is 9.95. The molecule has 1 aromatic heterocycles. The summed E-state index contributed by atoms with van der Waals surface area (Å²) in [6, 6.07) is 21.1. The molecule has 0 saturated carbocycles. The minimum absolute atomic E-state index is 0.120. The van der Waals surface area contributed by atoms with Gasteiger partial charge in [-0.25, -0.2) is 0 Å². The zero-order chi connectivity index (χ0) is 21.6. The number of ether oxygens (including phenoxy) is 1. The van der Waals surface area contributed by atoms with Crippen molar-refractivity contribution < 1.29 is 9.53 Å². The largest absolute Gasteiger partial charge is 0.497 e. The van der Waals surface area contributed by atoms with Gasteiger partial charge in [0.05, 0.1) is 24.8 Å². The van der Waals surface area contributed by atoms with Crippen LogP contribution in [-0.2, 0) is 11.2 Å². The second-order valence-corrected chi connectivity index (χ2v) is 7.12. The Morgan fingerprint density at radius 3 is 2.58 bits per heavy atom. The summed E-state index contributed by atoms with van der Waals surface area (Å²) in [6.45, 7) is 0. The molecule has 0 radical (unpaired) electrons. The fourth-order valence-electron chi connectivity index (χ4n) is 3.63. The molecule has 1 amide bonds. The normalized spacial score (nSPS) is 16.3. The smallest absolute Gasteiger partial charge is 0.247 e. The molecule has 3 aromatic rings. The van der Waals surface area contributed by atoms with Gasteiger partial charge >= 0.3 is 0 Å². The zero-order valence-electron chi connectivity index (χ0n) is 17.0. The van der Waals surface area contributed by atoms with Crippen LogP contribution in [0.5, 0.6) is 5.75 Å². The van der Waals surface area contributed by atoms with Crippen molar-refractivity contribution in [1.29, 1.82) is 5.26 Å². The fraction of sp³-hybridized carbons (Fsp3) is 0.167. The molecular weight excluding hydrogens is 390 g/mol. The Balaban J connectivity index is 1.74. The molecule has 1 aliphatic rings. The summed E-state index contributed by atoms with van der Waals surface area (Å²) in [6.07, 6.45) is 5.11. The molecular formula is C24H21N5O2. The van der Waals surface area contributed by atoms with E-state index in [1.807, 2.05) is 42.5 Å². The Labute approximate surface area is 180 Å². The Morgan fingerprint density at radius 2 is 1.94 bits per heavy atom. The number of nitriles is 1. The molecule has 1 aliphatic heterocycles. The topological polar surface area (TPSA) is 91.1 Å². The van der Waals surface area contributed by atoms with Crippen molar-refractivity contribution in [3.63, 3.8) is 0 Å². The lowest BCUT2D eigenvalue weighted by Crippen LogP contribution is -2.44. The molecule has 7 heteroatoms. The van der Waals surface area contributed by atoms with E-state index in [1.54, 1.807) is 37.7 Å². The first-order valence-electron chi connectivity index (χ1n) is 9.84. The predicted octanol–water partition coefficient (Wildman–Crippen LogP) is 3.28. The number of nitrogens with zero attached hydrogens (tertiary/aromatic N) is 4. The highest BCUT2D eigenvalue weighted by atomic mass is 16.5. The average Bonchev–Trinajstić information content (AvgIpc) is 2.84. The van der Waals surface area contributed by atoms with Crippen LogP contribution in [0.25, 0.3) is 0 Å². The van der Waals surface area contributed by atoms with Crippen molar-refractivity contribution in [2.24, 2.45) is 0 Å². The number of benzene rings is 2. The van der Waals surface area contributed by atoms with Gasteiger partial charge in [0.2, 0.25) is 5.91 Å². The summed E-state index contributed by atoms with van der Waals surface area (Å²) >= 11 is 0. The number of carbonyl (C=O) groups is 1. The third kappa shape index (κ3) is 4.54. The number of nitrogens with one attached hydrogen (secondary N) is 1. The van der Waals surface area contributed by atoms with Crippen molar-refractivity contribution in [2.75, 3.05) is 7.11 Å². The van der Waals surface area contributed by atoms with Gasteiger partial charge in [-0.3, -0.25) is 4.79 Å². The Kier molecular flexibility index (Phi) is 5.90. The second kappa shape index (κ2) is 9.09. The minimum Gasteiger partial charge on any atom is -0.497 e. The monoisotopic (exact) mass is 411 g/mol. The quantitative estimate of drug-likeness (QED) is 0.669. The molecule has 0 fully saturated rings. The number of amides is 1. The molecule has 2 unspecified atom stereocenters. The van der Waals surface area contributed by atoms with E-state index in [-0.39, 0.29) is 11.9 Å². The highest BCUT2D eigenvalue weighted by Gasteiger charge is 2.31. The summed E-state index contributed by atoms with van der Waals surface area (Å²) in [5.74, 6) is 0.608. The van der Waals surface area contributed by atoms with Crippen LogP contribution in [0.15, 0.2) is 79.1 Å². The van der Waals surface area contributed by atoms with Crippen LogP contribution >= 0.6 is 0 Å². The Morgan fingerprint density at radius 1 is 1.16 bits per heavy atom. The van der Waals surface area contributed by atoms with E-state index in [0.29, 0.717) is 17.7 Å². The van der Waals surface area contributed by atoms with Gasteiger partial charge in [-0.15, -0.1) is 0 Å². The molecule has 2 aromatic carbocycles. The number of carbonyl (C=O) groups excluding carboxylic acids is 1. The van der Waals surface area contributed by atoms with Crippen LogP contribution in [0.2, 0.25) is 0 Å². The van der Waals surface area contributed by atoms with Crippen LogP contribution in [-0.4, -0.2) is 28.1 Å². The van der Waals surface area contributed by atoms with Crippen LogP contribution in [0.1, 0.15) is 34.6 Å². The molecule has 0 aliphatic carbocycles. The molecule has 0 bridgehead atoms. The first kappa shape index (κ1) is 20.1. The highest BCUT2D eigenvalue weighted by molar-refractivity contribution is 5.88. The first-order chi connectivity index (χ1) is 15.2. The van der Waals surface area contributed by atoms with Gasteiger partial charge in [0, 0.05) is 18.5 Å². The van der Waals surface area contributed by atoms with E-state index >= 15 is 0 Å². The second-order valence-electron chi connectivity index (χ2n) is 7.12. The molecule has 2 atom stereocenters. The number of methoxy groups -OCH3 is 1. The maximum absolute atomic E-state index is 12.1. The van der Waals surface area contributed by atoms with Gasteiger partial charge in [0.15, 0.2) is 0 Å². The zero-order valence-corrected chi connectivity index (χ0v) is 17.0. The van der Waals surface area contributed by atoms with E-state index in [9.17, 15) is 10.1 Å². The fourth-order valence-corrected chi connectivity index (χ4v) is 3.63. The molecule has 0 saturated heterocycles. The summed E-state index contributed by atoms with van der Waals surface area (Å²) < 4.78 is 5.27. The van der Waals surface area contributed by atoms with E-state index in [2.05, 4.69) is 26.5 Å². The maximum Gasteiger partial charge on any atom is 0.247 e. The van der Waals surface area contributed by atoms with Crippen LogP contribution in [0, 0.1) is 11.3 Å². The number of hydrogen-bond donors (Lipinski definition) is 1. The molecule has 31 heavy (non-hydrogen) atoms. The third-order valence-electron chi connectivity index (χ3n) is 5.22. The summed E-state index contributed by atoms with van der Waals surface area (Å²) in [5.41, 5.74) is 3.37. The average molecular weight is 411 g/mol.